The van der Waals surface area contributed by atoms with Crippen LogP contribution in [0.15, 0.2) is 39.3 Å². The fourth-order valence-electron chi connectivity index (χ4n) is 7.73. The molecule has 0 saturated carbocycles. The molecule has 264 valence electrons. The number of amides is 5. The second-order valence-electron chi connectivity index (χ2n) is 13.5. The van der Waals surface area contributed by atoms with Crippen LogP contribution in [0.5, 0.6) is 5.75 Å². The maximum atomic E-state index is 14.0. The molecular weight excluding hydrogens is 760 g/mol. The van der Waals surface area contributed by atoms with E-state index in [2.05, 4.69) is 47.8 Å². The number of nitrogens with zero attached hydrogens (tertiary/aromatic N) is 3. The molecule has 0 unspecified atom stereocenters. The van der Waals surface area contributed by atoms with E-state index in [1.807, 2.05) is 11.0 Å². The summed E-state index contributed by atoms with van der Waals surface area (Å²) < 4.78 is 5.81. The van der Waals surface area contributed by atoms with Crippen LogP contribution in [0.2, 0.25) is 0 Å². The first kappa shape index (κ1) is 35.5. The molecule has 0 aromatic heterocycles. The van der Waals surface area contributed by atoms with Crippen molar-refractivity contribution in [2.24, 2.45) is 11.8 Å². The fourth-order valence-corrected chi connectivity index (χ4v) is 9.01. The number of carbonyl (C=O) groups excluding carboxylic acids is 4. The highest BCUT2D eigenvalue weighted by Gasteiger charge is 2.36. The molecule has 2 aromatic carbocycles. The topological polar surface area (TPSA) is 144 Å². The molecule has 3 saturated heterocycles. The van der Waals surface area contributed by atoms with E-state index in [1.54, 1.807) is 34.1 Å². The smallest absolute Gasteiger partial charge is 0.337 e. The molecule has 0 bridgehead atoms. The largest absolute Gasteiger partial charge is 0.506 e. The molecule has 6 rings (SSSR count). The second-order valence-corrected chi connectivity index (χ2v) is 15.2. The molecule has 0 radical (unpaired) electrons. The van der Waals surface area contributed by atoms with Gasteiger partial charge in [0, 0.05) is 50.9 Å². The van der Waals surface area contributed by atoms with Crippen molar-refractivity contribution >= 4 is 61.5 Å². The van der Waals surface area contributed by atoms with Crippen LogP contribution in [0.3, 0.4) is 0 Å². The first-order valence-corrected chi connectivity index (χ1v) is 18.7. The molecule has 4 heterocycles. The molecule has 0 aliphatic carbocycles. The zero-order chi connectivity index (χ0) is 34.7. The average Bonchev–Trinajstić information content (AvgIpc) is 3.12. The second kappa shape index (κ2) is 15.7. The number of anilines is 1. The molecule has 14 heteroatoms. The van der Waals surface area contributed by atoms with Crippen LogP contribution >= 0.6 is 31.9 Å². The first-order valence-electron chi connectivity index (χ1n) is 17.1. The minimum atomic E-state index is -0.775. The number of hydrogen-bond donors (Lipinski definition) is 4. The zero-order valence-electron chi connectivity index (χ0n) is 27.7. The van der Waals surface area contributed by atoms with Crippen molar-refractivity contribution < 1.29 is 29.0 Å². The Morgan fingerprint density at radius 1 is 0.939 bits per heavy atom. The highest BCUT2D eigenvalue weighted by Crippen LogP contribution is 2.35. The lowest BCUT2D eigenvalue weighted by atomic mass is 9.79. The number of phenols is 1. The molecule has 4 aliphatic rings. The summed E-state index contributed by atoms with van der Waals surface area (Å²) in [6, 6.07) is 7.32. The lowest BCUT2D eigenvalue weighted by Crippen LogP contribution is -2.57. The average molecular weight is 805 g/mol. The van der Waals surface area contributed by atoms with E-state index in [9.17, 15) is 24.3 Å². The Labute approximate surface area is 303 Å². The fraction of sp³-hybridized carbons (Fsp3) is 0.543. The third-order valence-electron chi connectivity index (χ3n) is 10.6. The van der Waals surface area contributed by atoms with Crippen LogP contribution in [0.1, 0.15) is 60.0 Å². The Balaban J connectivity index is 1.08. The predicted octanol–water partition coefficient (Wildman–Crippen LogP) is 5.07. The van der Waals surface area contributed by atoms with Crippen molar-refractivity contribution in [1.82, 2.24) is 25.3 Å². The number of fused-ring (bicyclic) bond motifs is 1. The van der Waals surface area contributed by atoms with Gasteiger partial charge in [-0.2, -0.15) is 0 Å². The van der Waals surface area contributed by atoms with Crippen molar-refractivity contribution in [3.8, 4) is 5.75 Å². The highest BCUT2D eigenvalue weighted by atomic mass is 79.9. The Hall–Kier alpha value is -3.36. The van der Waals surface area contributed by atoms with E-state index >= 15 is 0 Å². The van der Waals surface area contributed by atoms with E-state index < -0.39 is 12.0 Å². The summed E-state index contributed by atoms with van der Waals surface area (Å²) in [6.45, 7) is 4.76. The number of likely N-dealkylation sites (tertiary alicyclic amines) is 2. The predicted molar refractivity (Wildman–Crippen MR) is 191 cm³/mol. The molecule has 5 amide bonds. The summed E-state index contributed by atoms with van der Waals surface area (Å²) >= 11 is 6.79. The van der Waals surface area contributed by atoms with Gasteiger partial charge >= 0.3 is 18.0 Å². The van der Waals surface area contributed by atoms with Crippen molar-refractivity contribution in [2.45, 2.75) is 63.6 Å². The van der Waals surface area contributed by atoms with E-state index in [-0.39, 0.29) is 36.2 Å². The number of benzene rings is 2. The number of methoxy groups -OCH3 is 1. The lowest BCUT2D eigenvalue weighted by Gasteiger charge is -2.41. The maximum Gasteiger partial charge on any atom is 0.337 e. The summed E-state index contributed by atoms with van der Waals surface area (Å²) in [5, 5.41) is 19.7. The number of esters is 1. The Bertz CT molecular complexity index is 1550. The minimum absolute atomic E-state index is 0.0668. The van der Waals surface area contributed by atoms with Gasteiger partial charge in [0.25, 0.3) is 0 Å². The van der Waals surface area contributed by atoms with Gasteiger partial charge in [-0.3, -0.25) is 4.79 Å². The monoisotopic (exact) mass is 802 g/mol. The van der Waals surface area contributed by atoms with Gasteiger partial charge in [0.1, 0.15) is 11.8 Å². The summed E-state index contributed by atoms with van der Waals surface area (Å²) in [7, 11) is 1.32. The SMILES string of the molecule is COC(=O)c1ccc2c(c1)NC(=O)N(C1CCN(C(=O)N[C@H](Cc3cc(Br)c(O)c(Br)c3)C(=O)N3CCC(C4CCNCC4)CC3)CC1)C2. The molecule has 2 aromatic rings. The maximum absolute atomic E-state index is 14.0. The number of halogens is 2. The molecular formula is C35H44Br2N6O6. The van der Waals surface area contributed by atoms with Gasteiger partial charge in [-0.15, -0.1) is 0 Å². The van der Waals surface area contributed by atoms with Crippen molar-refractivity contribution in [2.75, 3.05) is 51.7 Å². The molecule has 0 spiro atoms. The van der Waals surface area contributed by atoms with Gasteiger partial charge in [-0.25, -0.2) is 14.4 Å². The molecule has 49 heavy (non-hydrogen) atoms. The summed E-state index contributed by atoms with van der Waals surface area (Å²) in [5.74, 6) is 0.850. The van der Waals surface area contributed by atoms with Crippen molar-refractivity contribution in [3.63, 3.8) is 0 Å². The Morgan fingerprint density at radius 2 is 1.57 bits per heavy atom. The summed E-state index contributed by atoms with van der Waals surface area (Å²) in [5.41, 5.74) is 2.67. The van der Waals surface area contributed by atoms with E-state index in [4.69, 9.17) is 4.74 Å². The van der Waals surface area contributed by atoms with Crippen LogP contribution in [-0.4, -0.2) is 102 Å². The third kappa shape index (κ3) is 8.18. The standard InChI is InChI=1S/C35H44Br2N6O6/c1-49-33(46)24-2-3-25-20-43(35(48)39-29(25)19-24)26-8-14-42(15-9-26)34(47)40-30(18-21-16-27(36)31(44)28(37)17-21)32(45)41-12-6-23(7-13-41)22-4-10-38-11-5-22/h2-3,16-17,19,22-23,26,30,38,44H,4-15,18,20H2,1H3,(H,39,48)(H,40,47)/t30-/m1/s1. The van der Waals surface area contributed by atoms with Gasteiger partial charge < -0.3 is 40.5 Å². The zero-order valence-corrected chi connectivity index (χ0v) is 30.9. The van der Waals surface area contributed by atoms with Crippen LogP contribution in [0.25, 0.3) is 0 Å². The van der Waals surface area contributed by atoms with E-state index in [0.29, 0.717) is 77.6 Å². The van der Waals surface area contributed by atoms with Crippen molar-refractivity contribution in [3.05, 3.63) is 56.0 Å². The number of hydrogen-bond acceptors (Lipinski definition) is 7. The van der Waals surface area contributed by atoms with Gasteiger partial charge in [-0.1, -0.05) is 6.07 Å². The Morgan fingerprint density at radius 3 is 2.22 bits per heavy atom. The van der Waals surface area contributed by atoms with Gasteiger partial charge in [0.05, 0.1) is 21.6 Å². The number of nitrogens with one attached hydrogen (secondary N) is 3. The Kier molecular flexibility index (Phi) is 11.3. The van der Waals surface area contributed by atoms with Gasteiger partial charge in [0.2, 0.25) is 5.91 Å². The summed E-state index contributed by atoms with van der Waals surface area (Å²) in [6.07, 6.45) is 5.79. The number of carbonyl (C=O) groups is 4. The molecule has 3 fully saturated rings. The van der Waals surface area contributed by atoms with Crippen LogP contribution < -0.4 is 16.0 Å². The van der Waals surface area contributed by atoms with Gasteiger partial charge in [0.15, 0.2) is 0 Å². The minimum Gasteiger partial charge on any atom is -0.506 e. The van der Waals surface area contributed by atoms with Crippen LogP contribution in [-0.2, 0) is 22.5 Å². The van der Waals surface area contributed by atoms with E-state index in [1.165, 1.54) is 20.0 Å². The van der Waals surface area contributed by atoms with Crippen LogP contribution in [0, 0.1) is 11.8 Å². The van der Waals surface area contributed by atoms with Crippen LogP contribution in [0.4, 0.5) is 15.3 Å². The van der Waals surface area contributed by atoms with E-state index in [0.717, 1.165) is 37.1 Å². The molecule has 12 nitrogen and oxygen atoms in total. The quantitative estimate of drug-likeness (QED) is 0.286. The number of phenolic OH excluding ortho intramolecular Hbond substituents is 1. The molecule has 4 N–H and O–H groups in total. The third-order valence-corrected chi connectivity index (χ3v) is 11.8. The number of urea groups is 2. The number of ether oxygens (including phenoxy) is 1. The normalized spacial score (nSPS) is 20.0. The van der Waals surface area contributed by atoms with Crippen molar-refractivity contribution in [1.29, 1.82) is 0 Å². The number of piperidine rings is 3. The highest BCUT2D eigenvalue weighted by molar-refractivity contribution is 9.11. The molecule has 1 atom stereocenters. The summed E-state index contributed by atoms with van der Waals surface area (Å²) in [4.78, 5) is 58.2. The molecule has 4 aliphatic heterocycles. The first-order chi connectivity index (χ1) is 23.6. The number of aromatic hydroxyl groups is 1. The van der Waals surface area contributed by atoms with Gasteiger partial charge in [-0.05, 0) is 131 Å². The lowest BCUT2D eigenvalue weighted by molar-refractivity contribution is -0.135. The number of rotatable bonds is 7.